The Morgan fingerprint density at radius 1 is 1.33 bits per heavy atom. The molecule has 0 bridgehead atoms. The van der Waals surface area contributed by atoms with Crippen molar-refractivity contribution < 1.29 is 19.6 Å². The zero-order chi connectivity index (χ0) is 19.7. The number of anilines is 1. The number of thiocarbonyl (C=S) groups is 1. The van der Waals surface area contributed by atoms with E-state index in [4.69, 9.17) is 28.6 Å². The lowest BCUT2D eigenvalue weighted by Gasteiger charge is -2.15. The average molecular weight is 423 g/mol. The molecule has 0 atom stereocenters. The smallest absolute Gasteiger partial charge is 0.311 e. The number of phenols is 1. The Kier molecular flexibility index (Phi) is 5.36. The number of nitro benzene ring substituents is 1. The third-order valence-electron chi connectivity index (χ3n) is 3.68. The fraction of sp³-hybridized carbons (Fsp3) is 0.0588. The Hall–Kier alpha value is -2.62. The van der Waals surface area contributed by atoms with Crippen LogP contribution >= 0.6 is 35.6 Å². The second kappa shape index (κ2) is 7.55. The van der Waals surface area contributed by atoms with Crippen molar-refractivity contribution in [2.75, 3.05) is 12.0 Å². The Balaban J connectivity index is 1.94. The quantitative estimate of drug-likeness (QED) is 0.338. The van der Waals surface area contributed by atoms with E-state index in [-0.39, 0.29) is 5.91 Å². The molecule has 7 nitrogen and oxygen atoms in total. The zero-order valence-corrected chi connectivity index (χ0v) is 16.1. The summed E-state index contributed by atoms with van der Waals surface area (Å²) in [6.07, 6.45) is 1.48. The van der Waals surface area contributed by atoms with E-state index >= 15 is 0 Å². The van der Waals surface area contributed by atoms with Gasteiger partial charge >= 0.3 is 5.69 Å². The van der Waals surface area contributed by atoms with Crippen molar-refractivity contribution in [3.63, 3.8) is 0 Å². The molecule has 27 heavy (non-hydrogen) atoms. The number of thioether (sulfide) groups is 1. The number of nitro groups is 1. The van der Waals surface area contributed by atoms with Crippen LogP contribution in [0, 0.1) is 10.1 Å². The fourth-order valence-corrected chi connectivity index (χ4v) is 3.96. The molecule has 1 aliphatic rings. The first kappa shape index (κ1) is 19.2. The molecule has 0 aliphatic carbocycles. The van der Waals surface area contributed by atoms with Crippen LogP contribution in [0.3, 0.4) is 0 Å². The number of nitrogens with zero attached hydrogens (tertiary/aromatic N) is 2. The molecule has 0 spiro atoms. The lowest BCUT2D eigenvalue weighted by Crippen LogP contribution is -2.27. The molecule has 0 radical (unpaired) electrons. The first-order valence-electron chi connectivity index (χ1n) is 7.40. The van der Waals surface area contributed by atoms with E-state index < -0.39 is 16.4 Å². The van der Waals surface area contributed by atoms with Gasteiger partial charge in [0, 0.05) is 6.07 Å². The number of hydrogen-bond donors (Lipinski definition) is 1. The van der Waals surface area contributed by atoms with E-state index in [9.17, 15) is 20.0 Å². The predicted octanol–water partition coefficient (Wildman–Crippen LogP) is 4.37. The van der Waals surface area contributed by atoms with E-state index in [2.05, 4.69) is 0 Å². The van der Waals surface area contributed by atoms with Crippen molar-refractivity contribution in [1.29, 1.82) is 0 Å². The van der Waals surface area contributed by atoms with Gasteiger partial charge in [-0.2, -0.15) is 0 Å². The monoisotopic (exact) mass is 422 g/mol. The van der Waals surface area contributed by atoms with Crippen LogP contribution in [0.4, 0.5) is 11.4 Å². The lowest BCUT2D eigenvalue weighted by atomic mass is 10.1. The predicted molar refractivity (Wildman–Crippen MR) is 108 cm³/mol. The number of rotatable bonds is 4. The average Bonchev–Trinajstić information content (AvgIpc) is 2.89. The van der Waals surface area contributed by atoms with Gasteiger partial charge in [0.15, 0.2) is 10.1 Å². The van der Waals surface area contributed by atoms with Gasteiger partial charge < -0.3 is 9.84 Å². The van der Waals surface area contributed by atoms with Gasteiger partial charge in [-0.05, 0) is 35.9 Å². The van der Waals surface area contributed by atoms with Crippen molar-refractivity contribution >= 4 is 63.3 Å². The molecule has 1 fully saturated rings. The maximum absolute atomic E-state index is 12.8. The Morgan fingerprint density at radius 2 is 2.07 bits per heavy atom. The summed E-state index contributed by atoms with van der Waals surface area (Å²) in [5.74, 6) is -0.350. The highest BCUT2D eigenvalue weighted by atomic mass is 35.5. The highest BCUT2D eigenvalue weighted by Gasteiger charge is 2.33. The molecule has 2 aromatic rings. The number of halogens is 1. The summed E-state index contributed by atoms with van der Waals surface area (Å²) < 4.78 is 5.40. The van der Waals surface area contributed by atoms with E-state index in [1.54, 1.807) is 18.2 Å². The molecule has 2 aromatic carbocycles. The molecule has 1 N–H and O–H groups in total. The van der Waals surface area contributed by atoms with Crippen molar-refractivity contribution in [1.82, 2.24) is 0 Å². The van der Waals surface area contributed by atoms with Gasteiger partial charge in [-0.25, -0.2) is 0 Å². The minimum absolute atomic E-state index is 0.298. The number of benzene rings is 2. The highest BCUT2D eigenvalue weighted by Crippen LogP contribution is 2.39. The van der Waals surface area contributed by atoms with Crippen LogP contribution in [0.2, 0.25) is 5.02 Å². The number of hydrogen-bond acceptors (Lipinski definition) is 7. The summed E-state index contributed by atoms with van der Waals surface area (Å²) in [6, 6.07) is 8.71. The molecule has 3 rings (SSSR count). The Labute approximate surface area is 168 Å². The molecule has 1 saturated heterocycles. The second-order valence-electron chi connectivity index (χ2n) is 5.34. The van der Waals surface area contributed by atoms with Gasteiger partial charge in [0.25, 0.3) is 5.91 Å². The van der Waals surface area contributed by atoms with Crippen LogP contribution < -0.4 is 9.64 Å². The zero-order valence-electron chi connectivity index (χ0n) is 13.7. The second-order valence-corrected chi connectivity index (χ2v) is 7.42. The Morgan fingerprint density at radius 3 is 2.70 bits per heavy atom. The normalized spacial score (nSPS) is 15.5. The number of phenolic OH excluding ortho intramolecular Hbond substituents is 1. The van der Waals surface area contributed by atoms with Crippen LogP contribution in [0.15, 0.2) is 41.3 Å². The SMILES string of the molecule is COc1ccc(N2C(=O)/C(=C\c3ccc(O)c([N+](=O)[O-])c3)SC2=S)cc1Cl. The van der Waals surface area contributed by atoms with E-state index in [0.717, 1.165) is 11.8 Å². The first-order valence-corrected chi connectivity index (χ1v) is 9.01. The summed E-state index contributed by atoms with van der Waals surface area (Å²) >= 11 is 12.5. The third kappa shape index (κ3) is 3.75. The number of methoxy groups -OCH3 is 1. The van der Waals surface area contributed by atoms with Crippen LogP contribution in [-0.4, -0.2) is 27.4 Å². The standard InChI is InChI=1S/C17H11ClN2O5S2/c1-25-14-5-3-10(8-11(14)18)19-16(22)15(27-17(19)26)7-9-2-4-13(21)12(6-9)20(23)24/h2-8,21H,1H3/b15-7+. The molecule has 1 aliphatic heterocycles. The van der Waals surface area contributed by atoms with Gasteiger partial charge in [-0.1, -0.05) is 41.6 Å². The summed E-state index contributed by atoms with van der Waals surface area (Å²) in [4.78, 5) is 24.6. The summed E-state index contributed by atoms with van der Waals surface area (Å²) in [5, 5.41) is 20.8. The van der Waals surface area contributed by atoms with Gasteiger partial charge in [0.05, 0.1) is 27.6 Å². The maximum atomic E-state index is 12.8. The summed E-state index contributed by atoms with van der Waals surface area (Å²) in [7, 11) is 1.49. The topological polar surface area (TPSA) is 92.9 Å². The number of aromatic hydroxyl groups is 1. The number of carbonyl (C=O) groups excluding carboxylic acids is 1. The van der Waals surface area contributed by atoms with Gasteiger partial charge in [0.2, 0.25) is 0 Å². The van der Waals surface area contributed by atoms with Gasteiger partial charge in [0.1, 0.15) is 5.75 Å². The molecule has 1 amide bonds. The van der Waals surface area contributed by atoms with E-state index in [1.165, 1.54) is 36.3 Å². The van der Waals surface area contributed by atoms with Crippen LogP contribution in [0.1, 0.15) is 5.56 Å². The van der Waals surface area contributed by atoms with E-state index in [1.807, 2.05) is 0 Å². The molecule has 138 valence electrons. The largest absolute Gasteiger partial charge is 0.502 e. The van der Waals surface area contributed by atoms with Crippen molar-refractivity contribution in [2.24, 2.45) is 0 Å². The van der Waals surface area contributed by atoms with Crippen molar-refractivity contribution in [2.45, 2.75) is 0 Å². The summed E-state index contributed by atoms with van der Waals surface area (Å²) in [5.41, 5.74) is 0.442. The lowest BCUT2D eigenvalue weighted by molar-refractivity contribution is -0.385. The van der Waals surface area contributed by atoms with E-state index in [0.29, 0.717) is 31.2 Å². The highest BCUT2D eigenvalue weighted by molar-refractivity contribution is 8.27. The molecule has 0 saturated carbocycles. The molecule has 0 aromatic heterocycles. The number of amides is 1. The number of ether oxygens (including phenoxy) is 1. The van der Waals surface area contributed by atoms with Gasteiger partial charge in [-0.3, -0.25) is 19.8 Å². The van der Waals surface area contributed by atoms with Gasteiger partial charge in [-0.15, -0.1) is 0 Å². The minimum atomic E-state index is -0.697. The van der Waals surface area contributed by atoms with Crippen LogP contribution in [0.5, 0.6) is 11.5 Å². The maximum Gasteiger partial charge on any atom is 0.311 e. The van der Waals surface area contributed by atoms with Crippen LogP contribution in [0.25, 0.3) is 6.08 Å². The van der Waals surface area contributed by atoms with Crippen LogP contribution in [-0.2, 0) is 4.79 Å². The molecule has 1 heterocycles. The Bertz CT molecular complexity index is 1010. The minimum Gasteiger partial charge on any atom is -0.502 e. The third-order valence-corrected chi connectivity index (χ3v) is 5.28. The summed E-state index contributed by atoms with van der Waals surface area (Å²) in [6.45, 7) is 0. The molecular weight excluding hydrogens is 412 g/mol. The molecular formula is C17H11ClN2O5S2. The fourth-order valence-electron chi connectivity index (χ4n) is 2.41. The molecule has 10 heteroatoms. The molecule has 0 unspecified atom stereocenters. The van der Waals surface area contributed by atoms with Crippen molar-refractivity contribution in [3.8, 4) is 11.5 Å². The first-order chi connectivity index (χ1) is 12.8. The van der Waals surface area contributed by atoms with Crippen molar-refractivity contribution in [3.05, 3.63) is 62.0 Å². The number of carbonyl (C=O) groups is 1.